The summed E-state index contributed by atoms with van der Waals surface area (Å²) in [5.74, 6) is -0.195. The van der Waals surface area contributed by atoms with E-state index in [1.54, 1.807) is 36.1 Å². The second-order valence-corrected chi connectivity index (χ2v) is 6.90. The van der Waals surface area contributed by atoms with Gasteiger partial charge in [-0.3, -0.25) is 9.59 Å². The van der Waals surface area contributed by atoms with Crippen molar-refractivity contribution in [2.24, 2.45) is 0 Å². The number of anilines is 1. The molecule has 0 aromatic heterocycles. The van der Waals surface area contributed by atoms with Crippen LogP contribution in [0.4, 0.5) is 10.1 Å². The Morgan fingerprint density at radius 2 is 2.08 bits per heavy atom. The summed E-state index contributed by atoms with van der Waals surface area (Å²) < 4.78 is 20.0. The minimum atomic E-state index is -0.594. The average molecular weight is 421 g/mol. The molecule has 1 aliphatic heterocycles. The van der Waals surface area contributed by atoms with Gasteiger partial charge in [0.15, 0.2) is 6.10 Å². The van der Waals surface area contributed by atoms with Crippen molar-refractivity contribution in [1.29, 1.82) is 0 Å². The summed E-state index contributed by atoms with van der Waals surface area (Å²) in [7, 11) is 0. The van der Waals surface area contributed by atoms with Crippen LogP contribution in [-0.4, -0.2) is 24.5 Å². The highest BCUT2D eigenvalue weighted by Crippen LogP contribution is 2.33. The van der Waals surface area contributed by atoms with E-state index in [9.17, 15) is 14.0 Å². The van der Waals surface area contributed by atoms with Crippen molar-refractivity contribution >= 4 is 33.4 Å². The first-order chi connectivity index (χ1) is 12.5. The standard InChI is InChI=1S/C19H18BrFN2O3/c1-12-19(25)23(16-4-2-3-5-17(16)26-12)9-8-18(24)22-11-13-10-14(20)6-7-15(13)21/h2-7,10,12H,8-9,11H2,1H3,(H,22,24). The maximum atomic E-state index is 13.7. The van der Waals surface area contributed by atoms with Gasteiger partial charge in [-0.05, 0) is 37.3 Å². The summed E-state index contributed by atoms with van der Waals surface area (Å²) in [6.45, 7) is 2.01. The number of benzene rings is 2. The molecule has 0 saturated carbocycles. The molecule has 0 fully saturated rings. The number of fused-ring (bicyclic) bond motifs is 1. The average Bonchev–Trinajstić information content (AvgIpc) is 2.63. The molecule has 1 N–H and O–H groups in total. The van der Waals surface area contributed by atoms with Gasteiger partial charge in [-0.1, -0.05) is 28.1 Å². The molecule has 2 aromatic carbocycles. The molecule has 136 valence electrons. The Balaban J connectivity index is 1.60. The third-order valence-electron chi connectivity index (χ3n) is 4.12. The number of rotatable bonds is 5. The van der Waals surface area contributed by atoms with E-state index >= 15 is 0 Å². The molecular formula is C19H18BrFN2O3. The number of ether oxygens (including phenoxy) is 1. The lowest BCUT2D eigenvalue weighted by atomic mass is 10.1. The molecule has 3 rings (SSSR count). The lowest BCUT2D eigenvalue weighted by molar-refractivity contribution is -0.125. The van der Waals surface area contributed by atoms with Gasteiger partial charge in [-0.25, -0.2) is 4.39 Å². The van der Waals surface area contributed by atoms with Gasteiger partial charge in [0.05, 0.1) is 5.69 Å². The Bertz CT molecular complexity index is 843. The lowest BCUT2D eigenvalue weighted by Gasteiger charge is -2.32. The van der Waals surface area contributed by atoms with Crippen molar-refractivity contribution in [2.45, 2.75) is 26.0 Å². The second kappa shape index (κ2) is 7.86. The first-order valence-corrected chi connectivity index (χ1v) is 9.02. The molecule has 2 amide bonds. The van der Waals surface area contributed by atoms with Crippen LogP contribution in [0.1, 0.15) is 18.9 Å². The van der Waals surface area contributed by atoms with Gasteiger partial charge in [0.25, 0.3) is 5.91 Å². The van der Waals surface area contributed by atoms with Crippen molar-refractivity contribution in [3.05, 3.63) is 58.3 Å². The predicted octanol–water partition coefficient (Wildman–Crippen LogP) is 3.41. The molecule has 0 saturated heterocycles. The van der Waals surface area contributed by atoms with Crippen LogP contribution in [-0.2, 0) is 16.1 Å². The number of amides is 2. The van der Waals surface area contributed by atoms with Gasteiger partial charge >= 0.3 is 0 Å². The number of halogens is 2. The molecule has 1 aliphatic rings. The third kappa shape index (κ3) is 4.04. The summed E-state index contributed by atoms with van der Waals surface area (Å²) in [6.07, 6.45) is -0.480. The largest absolute Gasteiger partial charge is 0.479 e. The number of hydrogen-bond acceptors (Lipinski definition) is 3. The van der Waals surface area contributed by atoms with E-state index in [0.717, 1.165) is 4.47 Å². The molecule has 1 unspecified atom stereocenters. The number of para-hydroxylation sites is 2. The van der Waals surface area contributed by atoms with Crippen LogP contribution in [0.25, 0.3) is 0 Å². The number of nitrogens with zero attached hydrogens (tertiary/aromatic N) is 1. The molecular weight excluding hydrogens is 403 g/mol. The maximum Gasteiger partial charge on any atom is 0.267 e. The lowest BCUT2D eigenvalue weighted by Crippen LogP contribution is -2.45. The predicted molar refractivity (Wildman–Crippen MR) is 99.4 cm³/mol. The van der Waals surface area contributed by atoms with Crippen LogP contribution < -0.4 is 15.0 Å². The van der Waals surface area contributed by atoms with E-state index in [4.69, 9.17) is 4.74 Å². The van der Waals surface area contributed by atoms with Crippen molar-refractivity contribution in [1.82, 2.24) is 5.32 Å². The van der Waals surface area contributed by atoms with E-state index in [0.29, 0.717) is 17.0 Å². The zero-order valence-corrected chi connectivity index (χ0v) is 15.8. The molecule has 5 nitrogen and oxygen atoms in total. The molecule has 7 heteroatoms. The van der Waals surface area contributed by atoms with Crippen molar-refractivity contribution < 1.29 is 18.7 Å². The maximum absolute atomic E-state index is 13.7. The fourth-order valence-corrected chi connectivity index (χ4v) is 3.17. The van der Waals surface area contributed by atoms with E-state index in [1.165, 1.54) is 6.07 Å². The number of carbonyl (C=O) groups excluding carboxylic acids is 2. The van der Waals surface area contributed by atoms with Crippen molar-refractivity contribution in [2.75, 3.05) is 11.4 Å². The van der Waals surface area contributed by atoms with Crippen LogP contribution in [0.2, 0.25) is 0 Å². The zero-order chi connectivity index (χ0) is 18.7. The highest BCUT2D eigenvalue weighted by Gasteiger charge is 2.31. The molecule has 1 heterocycles. The van der Waals surface area contributed by atoms with Gasteiger partial charge in [0, 0.05) is 29.5 Å². The van der Waals surface area contributed by atoms with Crippen LogP contribution >= 0.6 is 15.9 Å². The topological polar surface area (TPSA) is 58.6 Å². The zero-order valence-electron chi connectivity index (χ0n) is 14.2. The normalized spacial score (nSPS) is 16.0. The molecule has 0 spiro atoms. The van der Waals surface area contributed by atoms with Crippen LogP contribution in [0.5, 0.6) is 5.75 Å². The molecule has 0 bridgehead atoms. The Morgan fingerprint density at radius 3 is 2.88 bits per heavy atom. The Morgan fingerprint density at radius 1 is 1.31 bits per heavy atom. The van der Waals surface area contributed by atoms with E-state index in [-0.39, 0.29) is 37.1 Å². The number of carbonyl (C=O) groups is 2. The smallest absolute Gasteiger partial charge is 0.267 e. The molecule has 0 radical (unpaired) electrons. The highest BCUT2D eigenvalue weighted by molar-refractivity contribution is 9.10. The van der Waals surface area contributed by atoms with Crippen molar-refractivity contribution in [3.63, 3.8) is 0 Å². The van der Waals surface area contributed by atoms with E-state index in [2.05, 4.69) is 21.2 Å². The van der Waals surface area contributed by atoms with Crippen LogP contribution in [0, 0.1) is 5.82 Å². The first-order valence-electron chi connectivity index (χ1n) is 8.23. The summed E-state index contributed by atoms with van der Waals surface area (Å²) in [6, 6.07) is 11.8. The van der Waals surface area contributed by atoms with Crippen LogP contribution in [0.15, 0.2) is 46.9 Å². The quantitative estimate of drug-likeness (QED) is 0.805. The summed E-state index contributed by atoms with van der Waals surface area (Å²) >= 11 is 3.28. The van der Waals surface area contributed by atoms with E-state index < -0.39 is 6.10 Å². The third-order valence-corrected chi connectivity index (χ3v) is 4.61. The molecule has 0 aliphatic carbocycles. The molecule has 2 aromatic rings. The Kier molecular flexibility index (Phi) is 5.56. The highest BCUT2D eigenvalue weighted by atomic mass is 79.9. The summed E-state index contributed by atoms with van der Waals surface area (Å²) in [4.78, 5) is 26.1. The van der Waals surface area contributed by atoms with Gasteiger partial charge in [0.2, 0.25) is 5.91 Å². The second-order valence-electron chi connectivity index (χ2n) is 5.98. The Labute approximate surface area is 159 Å². The summed E-state index contributed by atoms with van der Waals surface area (Å²) in [5.41, 5.74) is 1.05. The fraction of sp³-hybridized carbons (Fsp3) is 0.263. The number of hydrogen-bond donors (Lipinski definition) is 1. The first kappa shape index (κ1) is 18.4. The van der Waals surface area contributed by atoms with E-state index in [1.807, 2.05) is 12.1 Å². The van der Waals surface area contributed by atoms with Crippen LogP contribution in [0.3, 0.4) is 0 Å². The van der Waals surface area contributed by atoms with Gasteiger partial charge in [-0.2, -0.15) is 0 Å². The minimum absolute atomic E-state index is 0.0914. The number of nitrogens with one attached hydrogen (secondary N) is 1. The van der Waals surface area contributed by atoms with Gasteiger partial charge in [-0.15, -0.1) is 0 Å². The minimum Gasteiger partial charge on any atom is -0.479 e. The molecule has 1 atom stereocenters. The molecule has 26 heavy (non-hydrogen) atoms. The monoisotopic (exact) mass is 420 g/mol. The van der Waals surface area contributed by atoms with Crippen molar-refractivity contribution in [3.8, 4) is 5.75 Å². The Hall–Kier alpha value is -2.41. The van der Waals surface area contributed by atoms with Gasteiger partial charge < -0.3 is 15.0 Å². The SMILES string of the molecule is CC1Oc2ccccc2N(CCC(=O)NCc2cc(Br)ccc2F)C1=O. The fourth-order valence-electron chi connectivity index (χ4n) is 2.76. The van der Waals surface area contributed by atoms with Gasteiger partial charge in [0.1, 0.15) is 11.6 Å². The summed E-state index contributed by atoms with van der Waals surface area (Å²) in [5, 5.41) is 2.69.